The van der Waals surface area contributed by atoms with Crippen LogP contribution >= 0.6 is 43.5 Å². The lowest BCUT2D eigenvalue weighted by Gasteiger charge is -2.06. The van der Waals surface area contributed by atoms with Gasteiger partial charge in [-0.05, 0) is 50.4 Å². The van der Waals surface area contributed by atoms with Gasteiger partial charge in [-0.25, -0.2) is 0 Å². The van der Waals surface area contributed by atoms with E-state index in [4.69, 9.17) is 11.6 Å². The topological polar surface area (TPSA) is 12.9 Å². The lowest BCUT2D eigenvalue weighted by Crippen LogP contribution is -1.86. The summed E-state index contributed by atoms with van der Waals surface area (Å²) in [5, 5.41) is 1.67. The lowest BCUT2D eigenvalue weighted by atomic mass is 10.1. The first kappa shape index (κ1) is 10.4. The summed E-state index contributed by atoms with van der Waals surface area (Å²) < 4.78 is 1.87. The Kier molecular flexibility index (Phi) is 2.82. The smallest absolute Gasteiger partial charge is 0.0758 e. The molecule has 1 aromatic carbocycles. The van der Waals surface area contributed by atoms with Crippen molar-refractivity contribution in [3.05, 3.63) is 37.9 Å². The van der Waals surface area contributed by atoms with Crippen LogP contribution in [-0.2, 0) is 0 Å². The number of benzene rings is 1. The number of hydrogen-bond acceptors (Lipinski definition) is 1. The molecule has 72 valence electrons. The molecule has 0 aliphatic heterocycles. The van der Waals surface area contributed by atoms with Gasteiger partial charge < -0.3 is 0 Å². The molecule has 0 aliphatic carbocycles. The SMILES string of the molecule is Cc1ccc(Cl)c2c(Br)c(Br)cnc12. The van der Waals surface area contributed by atoms with Crippen molar-refractivity contribution in [2.75, 3.05) is 0 Å². The quantitative estimate of drug-likeness (QED) is 0.679. The van der Waals surface area contributed by atoms with E-state index >= 15 is 0 Å². The monoisotopic (exact) mass is 333 g/mol. The molecule has 0 spiro atoms. The number of halogens is 3. The first-order valence-electron chi connectivity index (χ1n) is 4.00. The van der Waals surface area contributed by atoms with Crippen molar-refractivity contribution in [1.82, 2.24) is 4.98 Å². The first-order chi connectivity index (χ1) is 6.61. The third-order valence-corrected chi connectivity index (χ3v) is 4.34. The summed E-state index contributed by atoms with van der Waals surface area (Å²) >= 11 is 13.0. The maximum Gasteiger partial charge on any atom is 0.0758 e. The van der Waals surface area contributed by atoms with Crippen molar-refractivity contribution in [2.24, 2.45) is 0 Å². The summed E-state index contributed by atoms with van der Waals surface area (Å²) in [4.78, 5) is 4.34. The maximum absolute atomic E-state index is 6.12. The van der Waals surface area contributed by atoms with Gasteiger partial charge in [0, 0.05) is 16.1 Å². The largest absolute Gasteiger partial charge is 0.255 e. The number of pyridine rings is 1. The highest BCUT2D eigenvalue weighted by Gasteiger charge is 2.09. The van der Waals surface area contributed by atoms with Crippen LogP contribution in [0.15, 0.2) is 27.3 Å². The van der Waals surface area contributed by atoms with Crippen molar-refractivity contribution in [3.8, 4) is 0 Å². The van der Waals surface area contributed by atoms with Crippen molar-refractivity contribution < 1.29 is 0 Å². The van der Waals surface area contributed by atoms with Gasteiger partial charge in [-0.3, -0.25) is 4.98 Å². The molecular formula is C10H6Br2ClN. The fraction of sp³-hybridized carbons (Fsp3) is 0.100. The number of fused-ring (bicyclic) bond motifs is 1. The van der Waals surface area contributed by atoms with Crippen molar-refractivity contribution in [1.29, 1.82) is 0 Å². The van der Waals surface area contributed by atoms with Crippen LogP contribution in [0.1, 0.15) is 5.56 Å². The number of aromatic nitrogens is 1. The van der Waals surface area contributed by atoms with Gasteiger partial charge in [0.1, 0.15) is 0 Å². The van der Waals surface area contributed by atoms with E-state index in [0.717, 1.165) is 25.4 Å². The second-order valence-electron chi connectivity index (χ2n) is 3.01. The molecule has 4 heteroatoms. The molecule has 0 N–H and O–H groups in total. The number of rotatable bonds is 0. The highest BCUT2D eigenvalue weighted by Crippen LogP contribution is 2.35. The Bertz CT molecular complexity index is 511. The van der Waals surface area contributed by atoms with E-state index < -0.39 is 0 Å². The van der Waals surface area contributed by atoms with Crippen LogP contribution in [0.25, 0.3) is 10.9 Å². The van der Waals surface area contributed by atoms with Crippen LogP contribution in [0.5, 0.6) is 0 Å². The minimum absolute atomic E-state index is 0.714. The lowest BCUT2D eigenvalue weighted by molar-refractivity contribution is 1.34. The Balaban J connectivity index is 3.01. The molecule has 0 bridgehead atoms. The third-order valence-electron chi connectivity index (χ3n) is 2.06. The molecule has 0 saturated heterocycles. The summed E-state index contributed by atoms with van der Waals surface area (Å²) in [6.07, 6.45) is 1.77. The summed E-state index contributed by atoms with van der Waals surface area (Å²) in [6, 6.07) is 3.86. The Morgan fingerprint density at radius 3 is 2.71 bits per heavy atom. The molecule has 0 aliphatic rings. The fourth-order valence-corrected chi connectivity index (χ4v) is 2.51. The van der Waals surface area contributed by atoms with Crippen LogP contribution in [0.2, 0.25) is 5.02 Å². The zero-order valence-electron chi connectivity index (χ0n) is 7.31. The highest BCUT2D eigenvalue weighted by molar-refractivity contribution is 9.13. The summed E-state index contributed by atoms with van der Waals surface area (Å²) in [5.74, 6) is 0. The summed E-state index contributed by atoms with van der Waals surface area (Å²) in [7, 11) is 0. The molecule has 1 nitrogen and oxygen atoms in total. The van der Waals surface area contributed by atoms with Gasteiger partial charge in [-0.15, -0.1) is 0 Å². The van der Waals surface area contributed by atoms with Gasteiger partial charge in [0.05, 0.1) is 15.0 Å². The van der Waals surface area contributed by atoms with Crippen molar-refractivity contribution in [3.63, 3.8) is 0 Å². The average Bonchev–Trinajstić information content (AvgIpc) is 2.16. The average molecular weight is 335 g/mol. The van der Waals surface area contributed by atoms with E-state index in [1.165, 1.54) is 0 Å². The predicted octanol–water partition coefficient (Wildman–Crippen LogP) is 4.72. The highest BCUT2D eigenvalue weighted by atomic mass is 79.9. The fourth-order valence-electron chi connectivity index (χ4n) is 1.34. The third kappa shape index (κ3) is 1.58. The zero-order chi connectivity index (χ0) is 10.3. The first-order valence-corrected chi connectivity index (χ1v) is 5.96. The van der Waals surface area contributed by atoms with E-state index in [2.05, 4.69) is 36.8 Å². The van der Waals surface area contributed by atoms with E-state index in [-0.39, 0.29) is 0 Å². The van der Waals surface area contributed by atoms with Crippen LogP contribution in [0.3, 0.4) is 0 Å². The van der Waals surface area contributed by atoms with Gasteiger partial charge in [-0.1, -0.05) is 17.7 Å². The minimum Gasteiger partial charge on any atom is -0.255 e. The van der Waals surface area contributed by atoms with Crippen LogP contribution in [-0.4, -0.2) is 4.98 Å². The molecule has 1 heterocycles. The number of hydrogen-bond donors (Lipinski definition) is 0. The Morgan fingerprint density at radius 2 is 2.00 bits per heavy atom. The second kappa shape index (κ2) is 3.80. The molecule has 2 aromatic rings. The van der Waals surface area contributed by atoms with Gasteiger partial charge in [-0.2, -0.15) is 0 Å². The van der Waals surface area contributed by atoms with Crippen LogP contribution < -0.4 is 0 Å². The normalized spacial score (nSPS) is 10.9. The standard InChI is InChI=1S/C10H6Br2ClN/c1-5-2-3-7(13)8-9(12)6(11)4-14-10(5)8/h2-4H,1H3. The van der Waals surface area contributed by atoms with Gasteiger partial charge in [0.25, 0.3) is 0 Å². The molecule has 14 heavy (non-hydrogen) atoms. The maximum atomic E-state index is 6.12. The summed E-state index contributed by atoms with van der Waals surface area (Å²) in [6.45, 7) is 2.02. The van der Waals surface area contributed by atoms with E-state index in [0.29, 0.717) is 5.02 Å². The predicted molar refractivity (Wildman–Crippen MR) is 66.9 cm³/mol. The van der Waals surface area contributed by atoms with E-state index in [1.54, 1.807) is 6.20 Å². The number of aryl methyl sites for hydroxylation is 1. The molecular weight excluding hydrogens is 329 g/mol. The Morgan fingerprint density at radius 1 is 1.29 bits per heavy atom. The molecule has 2 rings (SSSR count). The van der Waals surface area contributed by atoms with Gasteiger partial charge in [0.15, 0.2) is 0 Å². The second-order valence-corrected chi connectivity index (χ2v) is 5.06. The summed E-state index contributed by atoms with van der Waals surface area (Å²) in [5.41, 5.74) is 2.06. The Labute approximate surface area is 104 Å². The molecule has 0 atom stereocenters. The van der Waals surface area contributed by atoms with Crippen LogP contribution in [0.4, 0.5) is 0 Å². The minimum atomic E-state index is 0.714. The van der Waals surface area contributed by atoms with E-state index in [1.807, 2.05) is 19.1 Å². The molecule has 0 radical (unpaired) electrons. The Hall–Kier alpha value is -0.120. The van der Waals surface area contributed by atoms with Crippen molar-refractivity contribution >= 4 is 54.4 Å². The molecule has 0 fully saturated rings. The van der Waals surface area contributed by atoms with E-state index in [9.17, 15) is 0 Å². The molecule has 1 aromatic heterocycles. The van der Waals surface area contributed by atoms with Crippen LogP contribution in [0, 0.1) is 6.92 Å². The van der Waals surface area contributed by atoms with Gasteiger partial charge >= 0.3 is 0 Å². The van der Waals surface area contributed by atoms with Crippen molar-refractivity contribution in [2.45, 2.75) is 6.92 Å². The molecule has 0 saturated carbocycles. The van der Waals surface area contributed by atoms with Gasteiger partial charge in [0.2, 0.25) is 0 Å². The molecule has 0 unspecified atom stereocenters. The number of nitrogens with zero attached hydrogens (tertiary/aromatic N) is 1. The zero-order valence-corrected chi connectivity index (χ0v) is 11.2. The molecule has 0 amide bonds.